The van der Waals surface area contributed by atoms with E-state index in [0.29, 0.717) is 6.61 Å². The molecular weight excluding hydrogens is 326 g/mol. The number of nitrogens with one attached hydrogen (secondary N) is 1. The molecule has 1 saturated heterocycles. The van der Waals surface area contributed by atoms with Gasteiger partial charge in [-0.2, -0.15) is 0 Å². The highest BCUT2D eigenvalue weighted by molar-refractivity contribution is 6.00. The number of aryl methyl sites for hydroxylation is 1. The number of phenolic OH excluding ortho intramolecular Hbond substituents is 1. The van der Waals surface area contributed by atoms with Gasteiger partial charge in [-0.3, -0.25) is 0 Å². The molecule has 3 aromatic rings. The van der Waals surface area contributed by atoms with Gasteiger partial charge in [0.25, 0.3) is 0 Å². The van der Waals surface area contributed by atoms with Crippen LogP contribution in [0, 0.1) is 6.92 Å². The molecule has 1 aliphatic heterocycles. The lowest BCUT2D eigenvalue weighted by molar-refractivity contribution is 0.0363. The molecule has 0 amide bonds. The van der Waals surface area contributed by atoms with Crippen LogP contribution in [0.1, 0.15) is 25.8 Å². The molecule has 1 aliphatic rings. The molecule has 4 rings (SSSR count). The van der Waals surface area contributed by atoms with Crippen LogP contribution in [-0.2, 0) is 4.74 Å². The zero-order valence-corrected chi connectivity index (χ0v) is 15.3. The van der Waals surface area contributed by atoms with Crippen molar-refractivity contribution in [1.29, 1.82) is 0 Å². The lowest BCUT2D eigenvalue weighted by atomic mass is 10.0. The van der Waals surface area contributed by atoms with Crippen molar-refractivity contribution in [1.82, 2.24) is 10.2 Å². The number of hydrogen-bond acceptors (Lipinski definition) is 5. The number of phenols is 1. The van der Waals surface area contributed by atoms with E-state index < -0.39 is 0 Å². The maximum absolute atomic E-state index is 9.95. The highest BCUT2D eigenvalue weighted by Gasteiger charge is 2.32. The summed E-state index contributed by atoms with van der Waals surface area (Å²) in [5, 5.41) is 24.4. The van der Waals surface area contributed by atoms with E-state index in [0.717, 1.165) is 39.8 Å². The topological polar surface area (TPSA) is 67.3 Å². The van der Waals surface area contributed by atoms with Gasteiger partial charge in [-0.15, -0.1) is 10.2 Å². The van der Waals surface area contributed by atoms with Crippen molar-refractivity contribution in [3.05, 3.63) is 48.0 Å². The van der Waals surface area contributed by atoms with E-state index in [1.165, 1.54) is 0 Å². The fraction of sp³-hybridized carbons (Fsp3) is 0.333. The summed E-state index contributed by atoms with van der Waals surface area (Å²) in [7, 11) is 0. The third-order valence-corrected chi connectivity index (χ3v) is 4.78. The second kappa shape index (κ2) is 6.25. The molecule has 0 bridgehead atoms. The largest absolute Gasteiger partial charge is 0.508 e. The summed E-state index contributed by atoms with van der Waals surface area (Å²) in [6.45, 7) is 6.82. The number of aromatic nitrogens is 2. The third kappa shape index (κ3) is 3.22. The zero-order chi connectivity index (χ0) is 18.3. The number of aromatic hydroxyl groups is 1. The van der Waals surface area contributed by atoms with Gasteiger partial charge < -0.3 is 15.2 Å². The summed E-state index contributed by atoms with van der Waals surface area (Å²) in [5.41, 5.74) is 2.51. The SMILES string of the molecule is Cc1cc(O)cc(-c2nnc(NC3COC(C)(C)C3)c3ccccc23)c1. The minimum absolute atomic E-state index is 0.111. The maximum atomic E-state index is 9.95. The molecule has 2 aromatic carbocycles. The minimum atomic E-state index is -0.111. The van der Waals surface area contributed by atoms with Crippen LogP contribution < -0.4 is 5.32 Å². The Morgan fingerprint density at radius 1 is 1.12 bits per heavy atom. The molecule has 2 N–H and O–H groups in total. The molecule has 134 valence electrons. The minimum Gasteiger partial charge on any atom is -0.508 e. The molecule has 5 heteroatoms. The van der Waals surface area contributed by atoms with Crippen LogP contribution in [0.15, 0.2) is 42.5 Å². The Balaban J connectivity index is 1.76. The van der Waals surface area contributed by atoms with Gasteiger partial charge in [-0.1, -0.05) is 24.3 Å². The molecule has 5 nitrogen and oxygen atoms in total. The Hall–Kier alpha value is -2.66. The summed E-state index contributed by atoms with van der Waals surface area (Å²) in [6, 6.07) is 13.8. The highest BCUT2D eigenvalue weighted by atomic mass is 16.5. The average molecular weight is 349 g/mol. The van der Waals surface area contributed by atoms with Crippen LogP contribution in [0.25, 0.3) is 22.0 Å². The van der Waals surface area contributed by atoms with Crippen molar-refractivity contribution < 1.29 is 9.84 Å². The average Bonchev–Trinajstić information content (AvgIpc) is 2.93. The van der Waals surface area contributed by atoms with Gasteiger partial charge in [0.2, 0.25) is 0 Å². The normalized spacial score (nSPS) is 19.0. The van der Waals surface area contributed by atoms with E-state index >= 15 is 0 Å². The zero-order valence-electron chi connectivity index (χ0n) is 15.3. The molecule has 1 unspecified atom stereocenters. The first-order valence-electron chi connectivity index (χ1n) is 8.88. The maximum Gasteiger partial charge on any atom is 0.156 e. The van der Waals surface area contributed by atoms with Crippen LogP contribution in [-0.4, -0.2) is 33.6 Å². The van der Waals surface area contributed by atoms with Gasteiger partial charge >= 0.3 is 0 Å². The Kier molecular flexibility index (Phi) is 4.04. The summed E-state index contributed by atoms with van der Waals surface area (Å²) in [4.78, 5) is 0. The molecule has 0 spiro atoms. The van der Waals surface area contributed by atoms with E-state index in [1.807, 2.05) is 37.3 Å². The molecule has 2 heterocycles. The Morgan fingerprint density at radius 2 is 1.88 bits per heavy atom. The molecule has 1 atom stereocenters. The van der Waals surface area contributed by atoms with Gasteiger partial charge in [0.05, 0.1) is 18.2 Å². The van der Waals surface area contributed by atoms with Crippen molar-refractivity contribution in [2.75, 3.05) is 11.9 Å². The van der Waals surface area contributed by atoms with Gasteiger partial charge in [0, 0.05) is 16.3 Å². The number of anilines is 1. The quantitative estimate of drug-likeness (QED) is 0.738. The Labute approximate surface area is 153 Å². The molecule has 0 saturated carbocycles. The van der Waals surface area contributed by atoms with Crippen LogP contribution in [0.3, 0.4) is 0 Å². The number of fused-ring (bicyclic) bond motifs is 1. The number of nitrogens with zero attached hydrogens (tertiary/aromatic N) is 2. The lowest BCUT2D eigenvalue weighted by Gasteiger charge is -2.17. The van der Waals surface area contributed by atoms with Gasteiger partial charge in [0.15, 0.2) is 5.82 Å². The fourth-order valence-corrected chi connectivity index (χ4v) is 3.65. The first kappa shape index (κ1) is 16.8. The van der Waals surface area contributed by atoms with Gasteiger partial charge in [-0.25, -0.2) is 0 Å². The number of benzene rings is 2. The van der Waals surface area contributed by atoms with Crippen molar-refractivity contribution in [3.63, 3.8) is 0 Å². The van der Waals surface area contributed by atoms with Gasteiger partial charge in [0.1, 0.15) is 11.4 Å². The van der Waals surface area contributed by atoms with Crippen LogP contribution in [0.4, 0.5) is 5.82 Å². The van der Waals surface area contributed by atoms with Crippen LogP contribution >= 0.6 is 0 Å². The van der Waals surface area contributed by atoms with E-state index in [-0.39, 0.29) is 17.4 Å². The van der Waals surface area contributed by atoms with E-state index in [4.69, 9.17) is 4.74 Å². The Morgan fingerprint density at radius 3 is 2.58 bits per heavy atom. The van der Waals surface area contributed by atoms with Crippen molar-refractivity contribution in [2.24, 2.45) is 0 Å². The molecule has 1 fully saturated rings. The smallest absolute Gasteiger partial charge is 0.156 e. The molecule has 0 radical (unpaired) electrons. The summed E-state index contributed by atoms with van der Waals surface area (Å²) in [5.74, 6) is 1.01. The van der Waals surface area contributed by atoms with Crippen LogP contribution in [0.5, 0.6) is 5.75 Å². The second-order valence-electron chi connectivity index (χ2n) is 7.62. The van der Waals surface area contributed by atoms with Crippen LogP contribution in [0.2, 0.25) is 0 Å². The lowest BCUT2D eigenvalue weighted by Crippen LogP contribution is -2.23. The van der Waals surface area contributed by atoms with E-state index in [9.17, 15) is 5.11 Å². The second-order valence-corrected chi connectivity index (χ2v) is 7.62. The Bertz CT molecular complexity index is 948. The molecule has 0 aliphatic carbocycles. The molecular formula is C21H23N3O2. The predicted octanol–water partition coefficient (Wildman–Crippen LogP) is 4.29. The highest BCUT2D eigenvalue weighted by Crippen LogP contribution is 2.33. The molecule has 26 heavy (non-hydrogen) atoms. The summed E-state index contributed by atoms with van der Waals surface area (Å²) >= 11 is 0. The monoisotopic (exact) mass is 349 g/mol. The number of hydrogen-bond donors (Lipinski definition) is 2. The van der Waals surface area contributed by atoms with Gasteiger partial charge in [-0.05, 0) is 51.0 Å². The predicted molar refractivity (Wildman–Crippen MR) is 103 cm³/mol. The third-order valence-electron chi connectivity index (χ3n) is 4.78. The molecule has 1 aromatic heterocycles. The van der Waals surface area contributed by atoms with E-state index in [2.05, 4.69) is 29.4 Å². The number of rotatable bonds is 3. The first-order valence-corrected chi connectivity index (χ1v) is 8.88. The fourth-order valence-electron chi connectivity index (χ4n) is 3.65. The van der Waals surface area contributed by atoms with E-state index in [1.54, 1.807) is 12.1 Å². The van der Waals surface area contributed by atoms with Crippen molar-refractivity contribution in [3.8, 4) is 17.0 Å². The summed E-state index contributed by atoms with van der Waals surface area (Å²) in [6.07, 6.45) is 0.927. The van der Waals surface area contributed by atoms with Crippen molar-refractivity contribution in [2.45, 2.75) is 38.8 Å². The van der Waals surface area contributed by atoms with Crippen molar-refractivity contribution >= 4 is 16.6 Å². The summed E-state index contributed by atoms with van der Waals surface area (Å²) < 4.78 is 5.82. The number of ether oxygens (including phenoxy) is 1. The standard InChI is InChI=1S/C21H23N3O2/c1-13-8-14(10-16(25)9-13)19-17-6-4-5-7-18(17)20(24-23-19)22-15-11-21(2,3)26-12-15/h4-10,15,25H,11-12H2,1-3H3,(H,22,24). The first-order chi connectivity index (χ1) is 12.4.